The molecule has 0 saturated heterocycles. The number of benzene rings is 1. The Labute approximate surface area is 192 Å². The van der Waals surface area contributed by atoms with Crippen LogP contribution in [0.2, 0.25) is 0 Å². The van der Waals surface area contributed by atoms with Gasteiger partial charge in [0.25, 0.3) is 5.91 Å². The van der Waals surface area contributed by atoms with Gasteiger partial charge in [-0.1, -0.05) is 6.42 Å². The Kier molecular flexibility index (Phi) is 4.89. The van der Waals surface area contributed by atoms with E-state index in [0.717, 1.165) is 47.4 Å². The minimum atomic E-state index is -0.122. The molecule has 0 spiro atoms. The molecule has 0 unspecified atom stereocenters. The van der Waals surface area contributed by atoms with Crippen LogP contribution in [0.4, 0.5) is 5.69 Å². The standard InChI is InChI=1S/C26H27N5O2/c32-24-15-19(9-10-27-24)23-8-7-21(25-28-11-12-31(23)25)29-20-5-3-17(4-6-20)26(33)30-22-14-16-1-2-18(22)13-16/h3-10,15-16,18,22,29H,1-2,11-14H2,(H,27,32)(H,30,33)/t16-,18+,22+/m0/s1. The molecule has 3 heterocycles. The zero-order valence-corrected chi connectivity index (χ0v) is 18.4. The molecule has 2 fully saturated rings. The number of carbonyl (C=O) groups is 1. The van der Waals surface area contributed by atoms with Crippen LogP contribution in [0.25, 0.3) is 5.70 Å². The highest BCUT2D eigenvalue weighted by molar-refractivity contribution is 6.08. The monoisotopic (exact) mass is 441 g/mol. The number of fused-ring (bicyclic) bond motifs is 3. The van der Waals surface area contributed by atoms with Gasteiger partial charge in [0.1, 0.15) is 0 Å². The van der Waals surface area contributed by atoms with Crippen molar-refractivity contribution >= 4 is 23.1 Å². The summed E-state index contributed by atoms with van der Waals surface area (Å²) in [6.07, 6.45) is 10.7. The number of amidine groups is 1. The van der Waals surface area contributed by atoms with Gasteiger partial charge < -0.3 is 20.5 Å². The summed E-state index contributed by atoms with van der Waals surface area (Å²) in [5.74, 6) is 2.37. The first-order valence-electron chi connectivity index (χ1n) is 11.8. The van der Waals surface area contributed by atoms with Crippen LogP contribution in [0.5, 0.6) is 0 Å². The van der Waals surface area contributed by atoms with Crippen LogP contribution >= 0.6 is 0 Å². The molecule has 1 amide bonds. The van der Waals surface area contributed by atoms with E-state index in [1.54, 1.807) is 12.3 Å². The van der Waals surface area contributed by atoms with E-state index in [-0.39, 0.29) is 11.5 Å². The zero-order chi connectivity index (χ0) is 22.4. The lowest BCUT2D eigenvalue weighted by molar-refractivity contribution is 0.0923. The van der Waals surface area contributed by atoms with E-state index in [0.29, 0.717) is 24.1 Å². The van der Waals surface area contributed by atoms with Crippen molar-refractivity contribution < 1.29 is 4.79 Å². The maximum Gasteiger partial charge on any atom is 0.251 e. The van der Waals surface area contributed by atoms with Gasteiger partial charge in [0.2, 0.25) is 5.56 Å². The highest BCUT2D eigenvalue weighted by Crippen LogP contribution is 2.44. The number of allylic oxidation sites excluding steroid dienone is 2. The number of H-pyrrole nitrogens is 1. The number of nitrogens with zero attached hydrogens (tertiary/aromatic N) is 2. The normalized spacial score (nSPS) is 25.3. The summed E-state index contributed by atoms with van der Waals surface area (Å²) >= 11 is 0. The SMILES string of the molecule is O=C(N[C@@H]1C[C@H]2CC[C@@H]1C2)c1ccc(NC2=CC=C(c3cc[nH]c(=O)c3)N3CCN=C23)cc1. The van der Waals surface area contributed by atoms with E-state index in [2.05, 4.69) is 25.5 Å². The van der Waals surface area contributed by atoms with Crippen LogP contribution in [0.15, 0.2) is 70.2 Å². The van der Waals surface area contributed by atoms with Gasteiger partial charge in [-0.3, -0.25) is 14.6 Å². The fourth-order valence-corrected chi connectivity index (χ4v) is 5.73. The molecule has 3 N–H and O–H groups in total. The van der Waals surface area contributed by atoms with Crippen molar-refractivity contribution in [2.45, 2.75) is 31.7 Å². The Morgan fingerprint density at radius 3 is 2.73 bits per heavy atom. The molecule has 7 nitrogen and oxygen atoms in total. The molecular weight excluding hydrogens is 414 g/mol. The third-order valence-corrected chi connectivity index (χ3v) is 7.33. The molecule has 7 heteroatoms. The molecule has 4 aliphatic rings. The summed E-state index contributed by atoms with van der Waals surface area (Å²) in [7, 11) is 0. The molecule has 0 radical (unpaired) electrons. The van der Waals surface area contributed by atoms with Gasteiger partial charge in [-0.2, -0.15) is 0 Å². The van der Waals surface area contributed by atoms with E-state index >= 15 is 0 Å². The summed E-state index contributed by atoms with van der Waals surface area (Å²) in [4.78, 5) is 33.9. The van der Waals surface area contributed by atoms with Gasteiger partial charge >= 0.3 is 0 Å². The molecule has 33 heavy (non-hydrogen) atoms. The van der Waals surface area contributed by atoms with Crippen molar-refractivity contribution in [3.63, 3.8) is 0 Å². The Balaban J connectivity index is 1.17. The molecule has 168 valence electrons. The molecular formula is C26H27N5O2. The Morgan fingerprint density at radius 2 is 1.97 bits per heavy atom. The highest BCUT2D eigenvalue weighted by atomic mass is 16.1. The van der Waals surface area contributed by atoms with Gasteiger partial charge in [-0.05, 0) is 73.6 Å². The second kappa shape index (κ2) is 8.06. The third kappa shape index (κ3) is 3.77. The van der Waals surface area contributed by atoms with Crippen molar-refractivity contribution in [1.29, 1.82) is 0 Å². The van der Waals surface area contributed by atoms with E-state index in [1.165, 1.54) is 19.3 Å². The van der Waals surface area contributed by atoms with E-state index in [1.807, 2.05) is 42.5 Å². The van der Waals surface area contributed by atoms with Gasteiger partial charge in [0, 0.05) is 41.7 Å². The van der Waals surface area contributed by atoms with Crippen LogP contribution in [-0.4, -0.2) is 40.8 Å². The fraction of sp³-hybridized carbons (Fsp3) is 0.346. The number of aliphatic imine (C=N–C) groups is 1. The first-order valence-corrected chi connectivity index (χ1v) is 11.8. The molecule has 2 bridgehead atoms. The molecule has 2 aromatic rings. The average Bonchev–Trinajstić information content (AvgIpc) is 3.57. The van der Waals surface area contributed by atoms with Crippen molar-refractivity contribution in [1.82, 2.24) is 15.2 Å². The Morgan fingerprint density at radius 1 is 1.09 bits per heavy atom. The van der Waals surface area contributed by atoms with Crippen molar-refractivity contribution in [3.8, 4) is 0 Å². The molecule has 2 aliphatic heterocycles. The van der Waals surface area contributed by atoms with Crippen LogP contribution < -0.4 is 16.2 Å². The van der Waals surface area contributed by atoms with Crippen molar-refractivity contribution in [2.75, 3.05) is 18.4 Å². The number of anilines is 1. The first-order chi connectivity index (χ1) is 16.1. The Bertz CT molecular complexity index is 1240. The number of amides is 1. The van der Waals surface area contributed by atoms with E-state index in [4.69, 9.17) is 0 Å². The first kappa shape index (κ1) is 20.0. The van der Waals surface area contributed by atoms with Crippen LogP contribution in [0, 0.1) is 11.8 Å². The number of hydrogen-bond donors (Lipinski definition) is 3. The molecule has 2 aliphatic carbocycles. The average molecular weight is 442 g/mol. The van der Waals surface area contributed by atoms with Gasteiger partial charge in [0.15, 0.2) is 5.84 Å². The van der Waals surface area contributed by atoms with Crippen molar-refractivity contribution in [3.05, 3.63) is 81.9 Å². The second-order valence-electron chi connectivity index (χ2n) is 9.39. The highest BCUT2D eigenvalue weighted by Gasteiger charge is 2.40. The summed E-state index contributed by atoms with van der Waals surface area (Å²) in [6.45, 7) is 1.48. The smallest absolute Gasteiger partial charge is 0.251 e. The topological polar surface area (TPSA) is 89.6 Å². The lowest BCUT2D eigenvalue weighted by Gasteiger charge is -2.28. The number of aromatic amines is 1. The van der Waals surface area contributed by atoms with Crippen LogP contribution in [0.3, 0.4) is 0 Å². The van der Waals surface area contributed by atoms with E-state index in [9.17, 15) is 9.59 Å². The Hall–Kier alpha value is -3.61. The maximum atomic E-state index is 12.7. The molecule has 1 aromatic heterocycles. The van der Waals surface area contributed by atoms with Gasteiger partial charge in [0.05, 0.1) is 17.9 Å². The fourth-order valence-electron chi connectivity index (χ4n) is 5.73. The predicted octanol–water partition coefficient (Wildman–Crippen LogP) is 3.36. The number of nitrogens with one attached hydrogen (secondary N) is 3. The summed E-state index contributed by atoms with van der Waals surface area (Å²) in [6, 6.07) is 11.5. The summed E-state index contributed by atoms with van der Waals surface area (Å²) in [5, 5.41) is 6.69. The van der Waals surface area contributed by atoms with Crippen LogP contribution in [-0.2, 0) is 0 Å². The lowest BCUT2D eigenvalue weighted by atomic mass is 9.95. The van der Waals surface area contributed by atoms with Crippen molar-refractivity contribution in [2.24, 2.45) is 16.8 Å². The summed E-state index contributed by atoms with van der Waals surface area (Å²) in [5.41, 5.74) is 4.21. The predicted molar refractivity (Wildman–Crippen MR) is 129 cm³/mol. The van der Waals surface area contributed by atoms with Gasteiger partial charge in [-0.15, -0.1) is 0 Å². The minimum Gasteiger partial charge on any atom is -0.353 e. The number of aromatic nitrogens is 1. The molecule has 3 atom stereocenters. The number of hydrogen-bond acceptors (Lipinski definition) is 5. The zero-order valence-electron chi connectivity index (χ0n) is 18.4. The molecule has 1 aromatic carbocycles. The summed E-state index contributed by atoms with van der Waals surface area (Å²) < 4.78 is 0. The van der Waals surface area contributed by atoms with Crippen LogP contribution in [0.1, 0.15) is 41.6 Å². The lowest BCUT2D eigenvalue weighted by Crippen LogP contribution is -2.38. The third-order valence-electron chi connectivity index (χ3n) is 7.33. The number of pyridine rings is 1. The quantitative estimate of drug-likeness (QED) is 0.664. The van der Waals surface area contributed by atoms with Gasteiger partial charge in [-0.25, -0.2) is 0 Å². The minimum absolute atomic E-state index is 0.0211. The maximum absolute atomic E-state index is 12.7. The molecule has 6 rings (SSSR count). The van der Waals surface area contributed by atoms with E-state index < -0.39 is 0 Å². The number of rotatable bonds is 5. The molecule has 2 saturated carbocycles. The largest absolute Gasteiger partial charge is 0.353 e. The second-order valence-corrected chi connectivity index (χ2v) is 9.39. The number of carbonyl (C=O) groups excluding carboxylic acids is 1.